The maximum absolute atomic E-state index is 3.67. The van der Waals surface area contributed by atoms with Gasteiger partial charge >= 0.3 is 0 Å². The third kappa shape index (κ3) is 4.19. The van der Waals surface area contributed by atoms with Gasteiger partial charge in [0.05, 0.1) is 0 Å². The molecule has 1 N–H and O–H groups in total. The van der Waals surface area contributed by atoms with Gasteiger partial charge in [0.15, 0.2) is 0 Å². The summed E-state index contributed by atoms with van der Waals surface area (Å²) in [5.41, 5.74) is 2.79. The van der Waals surface area contributed by atoms with Crippen molar-refractivity contribution in [3.63, 3.8) is 0 Å². The molecule has 0 radical (unpaired) electrons. The van der Waals surface area contributed by atoms with Crippen LogP contribution in [0.3, 0.4) is 0 Å². The molecule has 2 rings (SSSR count). The summed E-state index contributed by atoms with van der Waals surface area (Å²) in [4.78, 5) is 1.40. The second kappa shape index (κ2) is 7.05. The molecule has 1 aromatic carbocycles. The Bertz CT molecular complexity index is 499. The van der Waals surface area contributed by atoms with Crippen LogP contribution in [0, 0.1) is 5.92 Å². The van der Waals surface area contributed by atoms with Crippen LogP contribution in [0.1, 0.15) is 55.8 Å². The van der Waals surface area contributed by atoms with Crippen LogP contribution in [0.25, 0.3) is 0 Å². The van der Waals surface area contributed by atoms with Crippen molar-refractivity contribution in [2.75, 3.05) is 0 Å². The number of nitrogens with one attached hydrogen (secondary N) is 1. The van der Waals surface area contributed by atoms with E-state index in [1.165, 1.54) is 16.0 Å². The van der Waals surface area contributed by atoms with Crippen LogP contribution in [0.4, 0.5) is 0 Å². The maximum atomic E-state index is 3.67. The van der Waals surface area contributed by atoms with Crippen LogP contribution in [0.2, 0.25) is 0 Å². The number of rotatable bonds is 6. The lowest BCUT2D eigenvalue weighted by molar-refractivity contribution is 0.500. The first-order chi connectivity index (χ1) is 9.56. The Morgan fingerprint density at radius 3 is 2.20 bits per heavy atom. The SMILES string of the molecule is CC(C)Cc1ccc(C(C)NC(C)c2cccs2)cc1. The van der Waals surface area contributed by atoms with Gasteiger partial charge in [-0.1, -0.05) is 44.2 Å². The number of hydrogen-bond acceptors (Lipinski definition) is 2. The summed E-state index contributed by atoms with van der Waals surface area (Å²) >= 11 is 1.81. The standard InChI is InChI=1S/C18H25NS/c1-13(2)12-16-7-9-17(10-8-16)14(3)19-15(4)18-6-5-11-20-18/h5-11,13-15,19H,12H2,1-4H3. The summed E-state index contributed by atoms with van der Waals surface area (Å²) in [6, 6.07) is 14.1. The van der Waals surface area contributed by atoms with Gasteiger partial charge in [-0.15, -0.1) is 11.3 Å². The average Bonchev–Trinajstić information content (AvgIpc) is 2.92. The Balaban J connectivity index is 1.97. The topological polar surface area (TPSA) is 12.0 Å². The highest BCUT2D eigenvalue weighted by molar-refractivity contribution is 7.10. The van der Waals surface area contributed by atoms with E-state index >= 15 is 0 Å². The van der Waals surface area contributed by atoms with Crippen molar-refractivity contribution < 1.29 is 0 Å². The van der Waals surface area contributed by atoms with Crippen molar-refractivity contribution >= 4 is 11.3 Å². The first-order valence-corrected chi connectivity index (χ1v) is 8.32. The minimum absolute atomic E-state index is 0.375. The molecule has 0 bridgehead atoms. The maximum Gasteiger partial charge on any atom is 0.0391 e. The zero-order valence-corrected chi connectivity index (χ0v) is 13.7. The Labute approximate surface area is 127 Å². The lowest BCUT2D eigenvalue weighted by Crippen LogP contribution is -2.21. The molecule has 2 unspecified atom stereocenters. The van der Waals surface area contributed by atoms with Crippen molar-refractivity contribution in [1.82, 2.24) is 5.32 Å². The quantitative estimate of drug-likeness (QED) is 0.754. The van der Waals surface area contributed by atoms with Gasteiger partial charge in [0.1, 0.15) is 0 Å². The molecule has 0 amide bonds. The van der Waals surface area contributed by atoms with E-state index in [2.05, 4.69) is 74.8 Å². The molecule has 108 valence electrons. The highest BCUT2D eigenvalue weighted by Crippen LogP contribution is 2.23. The van der Waals surface area contributed by atoms with Gasteiger partial charge in [-0.2, -0.15) is 0 Å². The van der Waals surface area contributed by atoms with E-state index in [0.29, 0.717) is 12.1 Å². The monoisotopic (exact) mass is 287 g/mol. The van der Waals surface area contributed by atoms with Crippen LogP contribution >= 0.6 is 11.3 Å². The normalized spacial score (nSPS) is 14.4. The molecule has 1 nitrogen and oxygen atoms in total. The van der Waals surface area contributed by atoms with Crippen molar-refractivity contribution in [2.24, 2.45) is 5.92 Å². The molecular weight excluding hydrogens is 262 g/mol. The fraction of sp³-hybridized carbons (Fsp3) is 0.444. The van der Waals surface area contributed by atoms with Gasteiger partial charge in [0, 0.05) is 17.0 Å². The third-order valence-corrected chi connectivity index (χ3v) is 4.65. The number of thiophene rings is 1. The van der Waals surface area contributed by atoms with Gasteiger partial charge in [0.25, 0.3) is 0 Å². The molecule has 0 aliphatic heterocycles. The van der Waals surface area contributed by atoms with Gasteiger partial charge in [0.2, 0.25) is 0 Å². The van der Waals surface area contributed by atoms with Gasteiger partial charge in [-0.3, -0.25) is 0 Å². The van der Waals surface area contributed by atoms with E-state index < -0.39 is 0 Å². The molecule has 2 atom stereocenters. The van der Waals surface area contributed by atoms with Gasteiger partial charge in [-0.25, -0.2) is 0 Å². The highest BCUT2D eigenvalue weighted by atomic mass is 32.1. The fourth-order valence-electron chi connectivity index (χ4n) is 2.50. The second-order valence-corrected chi connectivity index (χ2v) is 6.94. The molecule has 0 aliphatic rings. The van der Waals surface area contributed by atoms with Crippen molar-refractivity contribution in [3.8, 4) is 0 Å². The summed E-state index contributed by atoms with van der Waals surface area (Å²) < 4.78 is 0. The summed E-state index contributed by atoms with van der Waals surface area (Å²) in [5.74, 6) is 0.718. The number of hydrogen-bond donors (Lipinski definition) is 1. The summed E-state index contributed by atoms with van der Waals surface area (Å²) in [6.07, 6.45) is 1.16. The van der Waals surface area contributed by atoms with E-state index in [9.17, 15) is 0 Å². The molecule has 2 heteroatoms. The van der Waals surface area contributed by atoms with Gasteiger partial charge in [-0.05, 0) is 48.8 Å². The predicted octanol–water partition coefficient (Wildman–Crippen LogP) is 5.36. The largest absolute Gasteiger partial charge is 0.303 e. The van der Waals surface area contributed by atoms with Crippen molar-refractivity contribution in [1.29, 1.82) is 0 Å². The zero-order valence-electron chi connectivity index (χ0n) is 12.9. The molecule has 20 heavy (non-hydrogen) atoms. The minimum atomic E-state index is 0.375. The molecule has 0 fully saturated rings. The van der Waals surface area contributed by atoms with Crippen LogP contribution in [-0.2, 0) is 6.42 Å². The molecule has 0 spiro atoms. The Morgan fingerprint density at radius 1 is 0.950 bits per heavy atom. The van der Waals surface area contributed by atoms with Crippen LogP contribution < -0.4 is 5.32 Å². The smallest absolute Gasteiger partial charge is 0.0391 e. The van der Waals surface area contributed by atoms with Crippen LogP contribution in [-0.4, -0.2) is 0 Å². The third-order valence-electron chi connectivity index (χ3n) is 3.59. The van der Waals surface area contributed by atoms with Crippen molar-refractivity contribution in [2.45, 2.75) is 46.2 Å². The van der Waals surface area contributed by atoms with E-state index in [0.717, 1.165) is 12.3 Å². The van der Waals surface area contributed by atoms with E-state index in [1.807, 2.05) is 11.3 Å². The molecule has 2 aromatic rings. The molecular formula is C18H25NS. The van der Waals surface area contributed by atoms with Gasteiger partial charge < -0.3 is 5.32 Å². The van der Waals surface area contributed by atoms with Crippen molar-refractivity contribution in [3.05, 3.63) is 57.8 Å². The Kier molecular flexibility index (Phi) is 5.38. The molecule has 0 aliphatic carbocycles. The summed E-state index contributed by atoms with van der Waals surface area (Å²) in [6.45, 7) is 9.00. The summed E-state index contributed by atoms with van der Waals surface area (Å²) in [7, 11) is 0. The fourth-order valence-corrected chi connectivity index (χ4v) is 3.25. The van der Waals surface area contributed by atoms with E-state index in [1.54, 1.807) is 0 Å². The van der Waals surface area contributed by atoms with E-state index in [4.69, 9.17) is 0 Å². The minimum Gasteiger partial charge on any atom is -0.303 e. The molecule has 1 aromatic heterocycles. The Hall–Kier alpha value is -1.12. The van der Waals surface area contributed by atoms with Crippen LogP contribution in [0.15, 0.2) is 41.8 Å². The first kappa shape index (κ1) is 15.3. The predicted molar refractivity (Wildman–Crippen MR) is 89.3 cm³/mol. The van der Waals surface area contributed by atoms with Crippen LogP contribution in [0.5, 0.6) is 0 Å². The zero-order chi connectivity index (χ0) is 14.5. The highest BCUT2D eigenvalue weighted by Gasteiger charge is 2.11. The summed E-state index contributed by atoms with van der Waals surface area (Å²) in [5, 5.41) is 5.81. The second-order valence-electron chi connectivity index (χ2n) is 5.97. The molecule has 1 heterocycles. The Morgan fingerprint density at radius 2 is 1.65 bits per heavy atom. The molecule has 0 saturated heterocycles. The molecule has 0 saturated carbocycles. The average molecular weight is 287 g/mol. The lowest BCUT2D eigenvalue weighted by Gasteiger charge is -2.20. The lowest BCUT2D eigenvalue weighted by atomic mass is 9.99. The first-order valence-electron chi connectivity index (χ1n) is 7.44. The van der Waals surface area contributed by atoms with E-state index in [-0.39, 0.29) is 0 Å². The number of benzene rings is 1.